The van der Waals surface area contributed by atoms with Crippen molar-refractivity contribution in [2.75, 3.05) is 5.32 Å². The minimum Gasteiger partial charge on any atom is -0.354 e. The van der Waals surface area contributed by atoms with Crippen molar-refractivity contribution in [1.29, 1.82) is 0 Å². The van der Waals surface area contributed by atoms with E-state index in [0.717, 1.165) is 20.3 Å². The van der Waals surface area contributed by atoms with Gasteiger partial charge in [0.15, 0.2) is 0 Å². The molecule has 0 aliphatic rings. The molecule has 0 fully saturated rings. The molecule has 0 saturated carbocycles. The average Bonchev–Trinajstić information content (AvgIpc) is 2.27. The number of pyridine rings is 1. The zero-order valence-electron chi connectivity index (χ0n) is 8.05. The fraction of sp³-hybridized carbons (Fsp3) is 0. The molecule has 0 aliphatic carbocycles. The molecule has 0 atom stereocenters. The summed E-state index contributed by atoms with van der Waals surface area (Å²) in [5.41, 5.74) is 1.88. The summed E-state index contributed by atoms with van der Waals surface area (Å²) in [5, 5.41) is 3.92. The maximum atomic E-state index is 6.01. The van der Waals surface area contributed by atoms with E-state index in [1.54, 1.807) is 12.4 Å². The van der Waals surface area contributed by atoms with Gasteiger partial charge < -0.3 is 5.32 Å². The Morgan fingerprint density at radius 2 is 1.94 bits per heavy atom. The third-order valence-electron chi connectivity index (χ3n) is 1.97. The molecule has 16 heavy (non-hydrogen) atoms. The van der Waals surface area contributed by atoms with Crippen LogP contribution in [0.15, 0.2) is 45.6 Å². The van der Waals surface area contributed by atoms with E-state index in [4.69, 9.17) is 11.6 Å². The van der Waals surface area contributed by atoms with Crippen molar-refractivity contribution in [3.63, 3.8) is 0 Å². The number of hydrogen-bond donors (Lipinski definition) is 1. The molecule has 2 nitrogen and oxygen atoms in total. The van der Waals surface area contributed by atoms with Crippen molar-refractivity contribution >= 4 is 54.8 Å². The summed E-state index contributed by atoms with van der Waals surface area (Å²) in [5.74, 6) is 0. The van der Waals surface area contributed by atoms with E-state index in [-0.39, 0.29) is 0 Å². The first-order chi connectivity index (χ1) is 7.66. The lowest BCUT2D eigenvalue weighted by Crippen LogP contribution is -1.91. The number of nitrogens with one attached hydrogen (secondary N) is 1. The highest BCUT2D eigenvalue weighted by molar-refractivity contribution is 9.11. The monoisotopic (exact) mass is 360 g/mol. The van der Waals surface area contributed by atoms with E-state index in [1.165, 1.54) is 0 Å². The Hall–Kier alpha value is -0.580. The minimum absolute atomic E-state index is 0.676. The smallest absolute Gasteiger partial charge is 0.0593 e. The van der Waals surface area contributed by atoms with Gasteiger partial charge in [-0.3, -0.25) is 4.98 Å². The second kappa shape index (κ2) is 5.17. The predicted octanol–water partition coefficient (Wildman–Crippen LogP) is 5.00. The van der Waals surface area contributed by atoms with Gasteiger partial charge in [0.2, 0.25) is 0 Å². The molecule has 1 heterocycles. The Morgan fingerprint density at radius 3 is 2.62 bits per heavy atom. The molecule has 1 aromatic carbocycles. The van der Waals surface area contributed by atoms with Crippen molar-refractivity contribution in [2.24, 2.45) is 0 Å². The Balaban J connectivity index is 2.28. The van der Waals surface area contributed by atoms with Crippen LogP contribution in [0.1, 0.15) is 0 Å². The molecule has 0 saturated heterocycles. The van der Waals surface area contributed by atoms with E-state index in [2.05, 4.69) is 42.2 Å². The Kier molecular flexibility index (Phi) is 3.84. The lowest BCUT2D eigenvalue weighted by molar-refractivity contribution is 1.30. The Bertz CT molecular complexity index is 517. The Morgan fingerprint density at radius 1 is 1.12 bits per heavy atom. The SMILES string of the molecule is Clc1cc(Nc2ccncc2Br)ccc1Br. The molecule has 0 unspecified atom stereocenters. The summed E-state index contributed by atoms with van der Waals surface area (Å²) in [7, 11) is 0. The van der Waals surface area contributed by atoms with Crippen LogP contribution < -0.4 is 5.32 Å². The summed E-state index contributed by atoms with van der Waals surface area (Å²) in [6, 6.07) is 7.60. The molecule has 2 aromatic rings. The van der Waals surface area contributed by atoms with E-state index in [0.29, 0.717) is 5.02 Å². The molecule has 82 valence electrons. The van der Waals surface area contributed by atoms with Crippen molar-refractivity contribution in [2.45, 2.75) is 0 Å². The van der Waals surface area contributed by atoms with Gasteiger partial charge in [0, 0.05) is 22.6 Å². The fourth-order valence-corrected chi connectivity index (χ4v) is 1.98. The van der Waals surface area contributed by atoms with Crippen LogP contribution in [0.5, 0.6) is 0 Å². The van der Waals surface area contributed by atoms with E-state index in [9.17, 15) is 0 Å². The number of nitrogens with zero attached hydrogens (tertiary/aromatic N) is 1. The lowest BCUT2D eigenvalue weighted by Gasteiger charge is -2.08. The van der Waals surface area contributed by atoms with Crippen molar-refractivity contribution in [3.8, 4) is 0 Å². The molecule has 0 spiro atoms. The van der Waals surface area contributed by atoms with Crippen LogP contribution in [0.4, 0.5) is 11.4 Å². The van der Waals surface area contributed by atoms with Gasteiger partial charge >= 0.3 is 0 Å². The highest BCUT2D eigenvalue weighted by Crippen LogP contribution is 2.29. The number of rotatable bonds is 2. The molecule has 0 amide bonds. The van der Waals surface area contributed by atoms with Crippen LogP contribution in [0.3, 0.4) is 0 Å². The molecule has 1 aromatic heterocycles. The summed E-state index contributed by atoms with van der Waals surface area (Å²) in [6.07, 6.45) is 3.47. The van der Waals surface area contributed by atoms with Crippen LogP contribution in [0, 0.1) is 0 Å². The van der Waals surface area contributed by atoms with Crippen molar-refractivity contribution < 1.29 is 0 Å². The lowest BCUT2D eigenvalue weighted by atomic mass is 10.3. The van der Waals surface area contributed by atoms with Crippen LogP contribution in [0.25, 0.3) is 0 Å². The fourth-order valence-electron chi connectivity index (χ4n) is 1.21. The molecular weight excluding hydrogens is 355 g/mol. The normalized spacial score (nSPS) is 10.2. The number of hydrogen-bond acceptors (Lipinski definition) is 2. The molecule has 0 radical (unpaired) electrons. The Labute approximate surface area is 115 Å². The van der Waals surface area contributed by atoms with E-state index in [1.807, 2.05) is 24.3 Å². The molecule has 5 heteroatoms. The largest absolute Gasteiger partial charge is 0.354 e. The van der Waals surface area contributed by atoms with Gasteiger partial charge in [-0.2, -0.15) is 0 Å². The minimum atomic E-state index is 0.676. The third kappa shape index (κ3) is 2.75. The standard InChI is InChI=1S/C11H7Br2ClN2/c12-8-2-1-7(5-10(8)14)16-11-3-4-15-6-9(11)13/h1-6H,(H,15,16). The van der Waals surface area contributed by atoms with Gasteiger partial charge in [-0.1, -0.05) is 11.6 Å². The van der Waals surface area contributed by atoms with Crippen molar-refractivity contribution in [1.82, 2.24) is 4.98 Å². The van der Waals surface area contributed by atoms with Crippen molar-refractivity contribution in [3.05, 3.63) is 50.6 Å². The molecule has 0 aliphatic heterocycles. The topological polar surface area (TPSA) is 24.9 Å². The average molecular weight is 362 g/mol. The maximum Gasteiger partial charge on any atom is 0.0593 e. The first-order valence-electron chi connectivity index (χ1n) is 4.48. The number of benzene rings is 1. The maximum absolute atomic E-state index is 6.01. The highest BCUT2D eigenvalue weighted by Gasteiger charge is 2.02. The second-order valence-electron chi connectivity index (χ2n) is 3.11. The van der Waals surface area contributed by atoms with Crippen LogP contribution in [-0.2, 0) is 0 Å². The number of anilines is 2. The summed E-state index contributed by atoms with van der Waals surface area (Å²) < 4.78 is 1.79. The van der Waals surface area contributed by atoms with Gasteiger partial charge in [-0.15, -0.1) is 0 Å². The van der Waals surface area contributed by atoms with Gasteiger partial charge in [-0.05, 0) is 56.1 Å². The first-order valence-corrected chi connectivity index (χ1v) is 6.45. The van der Waals surface area contributed by atoms with Gasteiger partial charge in [0.1, 0.15) is 0 Å². The van der Waals surface area contributed by atoms with Gasteiger partial charge in [0.05, 0.1) is 15.2 Å². The van der Waals surface area contributed by atoms with Gasteiger partial charge in [-0.25, -0.2) is 0 Å². The highest BCUT2D eigenvalue weighted by atomic mass is 79.9. The van der Waals surface area contributed by atoms with Gasteiger partial charge in [0.25, 0.3) is 0 Å². The summed E-state index contributed by atoms with van der Waals surface area (Å²) in [4.78, 5) is 4.00. The third-order valence-corrected chi connectivity index (χ3v) is 3.84. The first kappa shape index (κ1) is 11.9. The number of halogens is 3. The quantitative estimate of drug-likeness (QED) is 0.813. The predicted molar refractivity (Wildman–Crippen MR) is 74.4 cm³/mol. The zero-order chi connectivity index (χ0) is 11.5. The molecular formula is C11H7Br2ClN2. The molecule has 1 N–H and O–H groups in total. The van der Waals surface area contributed by atoms with Crippen LogP contribution >= 0.6 is 43.5 Å². The number of aromatic nitrogens is 1. The van der Waals surface area contributed by atoms with E-state index < -0.39 is 0 Å². The van der Waals surface area contributed by atoms with E-state index >= 15 is 0 Å². The van der Waals surface area contributed by atoms with Crippen LogP contribution in [-0.4, -0.2) is 4.98 Å². The molecule has 0 bridgehead atoms. The zero-order valence-corrected chi connectivity index (χ0v) is 12.0. The second-order valence-corrected chi connectivity index (χ2v) is 5.23. The summed E-state index contributed by atoms with van der Waals surface area (Å²) in [6.45, 7) is 0. The van der Waals surface area contributed by atoms with Crippen LogP contribution in [0.2, 0.25) is 5.02 Å². The molecule has 2 rings (SSSR count). The summed E-state index contributed by atoms with van der Waals surface area (Å²) >= 11 is 12.8.